The van der Waals surface area contributed by atoms with Gasteiger partial charge in [0.25, 0.3) is 5.91 Å². The maximum Gasteiger partial charge on any atom is 0.263 e. The van der Waals surface area contributed by atoms with Crippen LogP contribution in [-0.4, -0.2) is 39.1 Å². The molecule has 1 aliphatic heterocycles. The quantitative estimate of drug-likeness (QED) is 0.785. The molecule has 6 heteroatoms. The number of nitrogens with one attached hydrogen (secondary N) is 1. The number of hydrogen-bond acceptors (Lipinski definition) is 4. The van der Waals surface area contributed by atoms with E-state index in [2.05, 4.69) is 21.2 Å². The molecular formula is C17H18N4OS. The molecule has 3 aromatic heterocycles. The predicted molar refractivity (Wildman–Crippen MR) is 90.8 cm³/mol. The zero-order chi connectivity index (χ0) is 15.8. The van der Waals surface area contributed by atoms with Gasteiger partial charge >= 0.3 is 0 Å². The lowest BCUT2D eigenvalue weighted by molar-refractivity contribution is 0.0711. The average Bonchev–Trinajstić information content (AvgIpc) is 3.22. The van der Waals surface area contributed by atoms with Crippen LogP contribution in [0.3, 0.4) is 0 Å². The van der Waals surface area contributed by atoms with Gasteiger partial charge in [0.05, 0.1) is 11.1 Å². The Labute approximate surface area is 138 Å². The third kappa shape index (κ3) is 2.74. The highest BCUT2D eigenvalue weighted by molar-refractivity contribution is 7.12. The van der Waals surface area contributed by atoms with E-state index in [-0.39, 0.29) is 5.91 Å². The number of likely N-dealkylation sites (tertiary alicyclic amines) is 1. The van der Waals surface area contributed by atoms with Crippen molar-refractivity contribution in [2.24, 2.45) is 0 Å². The van der Waals surface area contributed by atoms with Crippen LogP contribution in [0, 0.1) is 6.92 Å². The molecule has 1 atom stereocenters. The van der Waals surface area contributed by atoms with Crippen molar-refractivity contribution in [3.05, 3.63) is 45.9 Å². The van der Waals surface area contributed by atoms with Gasteiger partial charge < -0.3 is 4.90 Å². The van der Waals surface area contributed by atoms with Gasteiger partial charge in [-0.25, -0.2) is 4.98 Å². The number of carbonyl (C=O) groups is 1. The number of aryl methyl sites for hydroxylation is 1. The molecule has 1 saturated heterocycles. The minimum atomic E-state index is 0.149. The standard InChI is InChI=1S/C17H18N4OS/c1-11-7-15(23-10-11)17(22)21-6-2-3-13(9-21)14-5-4-12-8-18-20-16(12)19-14/h4-5,7-8,10,13H,2-3,6,9H2,1H3,(H,18,19,20)/t13-/m0/s1. The minimum Gasteiger partial charge on any atom is -0.337 e. The largest absolute Gasteiger partial charge is 0.337 e. The number of hydrogen-bond donors (Lipinski definition) is 1. The van der Waals surface area contributed by atoms with Crippen molar-refractivity contribution < 1.29 is 4.79 Å². The Morgan fingerprint density at radius 3 is 3.17 bits per heavy atom. The molecule has 1 N–H and O–H groups in total. The molecular weight excluding hydrogens is 308 g/mol. The van der Waals surface area contributed by atoms with Crippen LogP contribution < -0.4 is 0 Å². The van der Waals surface area contributed by atoms with Crippen molar-refractivity contribution in [1.82, 2.24) is 20.1 Å². The molecule has 4 rings (SSSR count). The van der Waals surface area contributed by atoms with Crippen molar-refractivity contribution >= 4 is 28.3 Å². The predicted octanol–water partition coefficient (Wildman–Crippen LogP) is 3.35. The highest BCUT2D eigenvalue weighted by Gasteiger charge is 2.27. The molecule has 1 amide bonds. The van der Waals surface area contributed by atoms with Crippen molar-refractivity contribution in [3.8, 4) is 0 Å². The lowest BCUT2D eigenvalue weighted by Crippen LogP contribution is -2.39. The van der Waals surface area contributed by atoms with Crippen molar-refractivity contribution in [2.75, 3.05) is 13.1 Å². The summed E-state index contributed by atoms with van der Waals surface area (Å²) in [4.78, 5) is 20.1. The number of pyridine rings is 1. The number of amides is 1. The molecule has 0 bridgehead atoms. The Bertz CT molecular complexity index is 853. The number of H-pyrrole nitrogens is 1. The summed E-state index contributed by atoms with van der Waals surface area (Å²) in [5.74, 6) is 0.442. The van der Waals surface area contributed by atoms with E-state index in [1.807, 2.05) is 29.3 Å². The van der Waals surface area contributed by atoms with Crippen molar-refractivity contribution in [1.29, 1.82) is 0 Å². The first-order valence-electron chi connectivity index (χ1n) is 7.85. The van der Waals surface area contributed by atoms with E-state index in [9.17, 15) is 4.79 Å². The van der Waals surface area contributed by atoms with Crippen LogP contribution in [0.25, 0.3) is 11.0 Å². The van der Waals surface area contributed by atoms with E-state index in [0.29, 0.717) is 5.92 Å². The molecule has 0 unspecified atom stereocenters. The molecule has 0 radical (unpaired) electrons. The zero-order valence-corrected chi connectivity index (χ0v) is 13.8. The Kier molecular flexibility index (Phi) is 3.61. The first kappa shape index (κ1) is 14.4. The summed E-state index contributed by atoms with van der Waals surface area (Å²) in [6.45, 7) is 3.59. The molecule has 5 nitrogen and oxygen atoms in total. The lowest BCUT2D eigenvalue weighted by Gasteiger charge is -2.32. The van der Waals surface area contributed by atoms with Crippen LogP contribution in [0.5, 0.6) is 0 Å². The number of fused-ring (bicyclic) bond motifs is 1. The van der Waals surface area contributed by atoms with Gasteiger partial charge in [0.2, 0.25) is 0 Å². The van der Waals surface area contributed by atoms with Crippen LogP contribution in [-0.2, 0) is 0 Å². The van der Waals surface area contributed by atoms with Gasteiger partial charge in [-0.15, -0.1) is 11.3 Å². The number of piperidine rings is 1. The normalized spacial score (nSPS) is 18.5. The summed E-state index contributed by atoms with van der Waals surface area (Å²) in [6.07, 6.45) is 3.87. The fourth-order valence-corrected chi connectivity index (χ4v) is 4.04. The second-order valence-corrected chi connectivity index (χ2v) is 7.03. The number of rotatable bonds is 2. The number of nitrogens with zero attached hydrogens (tertiary/aromatic N) is 3. The number of carbonyl (C=O) groups excluding carboxylic acids is 1. The van der Waals surface area contributed by atoms with Crippen LogP contribution >= 0.6 is 11.3 Å². The molecule has 1 fully saturated rings. The maximum atomic E-state index is 12.7. The molecule has 0 aromatic carbocycles. The zero-order valence-electron chi connectivity index (χ0n) is 13.0. The van der Waals surface area contributed by atoms with Crippen LogP contribution in [0.2, 0.25) is 0 Å². The number of aromatic nitrogens is 3. The maximum absolute atomic E-state index is 12.7. The van der Waals surface area contributed by atoms with Gasteiger partial charge in [-0.2, -0.15) is 5.10 Å². The molecule has 3 aromatic rings. The molecule has 118 valence electrons. The van der Waals surface area contributed by atoms with E-state index in [4.69, 9.17) is 0 Å². The minimum absolute atomic E-state index is 0.149. The van der Waals surface area contributed by atoms with Crippen LogP contribution in [0.1, 0.15) is 39.7 Å². The smallest absolute Gasteiger partial charge is 0.263 e. The van der Waals surface area contributed by atoms with E-state index in [0.717, 1.165) is 53.1 Å². The van der Waals surface area contributed by atoms with Crippen molar-refractivity contribution in [3.63, 3.8) is 0 Å². The highest BCUT2D eigenvalue weighted by Crippen LogP contribution is 2.28. The Morgan fingerprint density at radius 2 is 2.35 bits per heavy atom. The fraction of sp³-hybridized carbons (Fsp3) is 0.353. The third-order valence-corrected chi connectivity index (χ3v) is 5.43. The topological polar surface area (TPSA) is 61.9 Å². The Morgan fingerprint density at radius 1 is 1.43 bits per heavy atom. The summed E-state index contributed by atoms with van der Waals surface area (Å²) in [5.41, 5.74) is 3.01. The summed E-state index contributed by atoms with van der Waals surface area (Å²) in [6, 6.07) is 6.09. The summed E-state index contributed by atoms with van der Waals surface area (Å²) < 4.78 is 0. The molecule has 23 heavy (non-hydrogen) atoms. The van der Waals surface area contributed by atoms with Crippen LogP contribution in [0.15, 0.2) is 29.8 Å². The second kappa shape index (κ2) is 5.77. The molecule has 4 heterocycles. The third-order valence-electron chi connectivity index (χ3n) is 4.39. The number of aromatic amines is 1. The Hall–Kier alpha value is -2.21. The van der Waals surface area contributed by atoms with Gasteiger partial charge in [0.1, 0.15) is 0 Å². The summed E-state index contributed by atoms with van der Waals surface area (Å²) >= 11 is 1.53. The van der Waals surface area contributed by atoms with E-state index >= 15 is 0 Å². The van der Waals surface area contributed by atoms with Gasteiger partial charge in [0.15, 0.2) is 5.65 Å². The monoisotopic (exact) mass is 326 g/mol. The summed E-state index contributed by atoms with van der Waals surface area (Å²) in [7, 11) is 0. The van der Waals surface area contributed by atoms with E-state index in [1.165, 1.54) is 11.3 Å². The van der Waals surface area contributed by atoms with Gasteiger partial charge in [0, 0.05) is 30.1 Å². The molecule has 0 spiro atoms. The molecule has 0 aliphatic carbocycles. The fourth-order valence-electron chi connectivity index (χ4n) is 3.17. The molecule has 0 saturated carbocycles. The van der Waals surface area contributed by atoms with Gasteiger partial charge in [-0.3, -0.25) is 9.89 Å². The molecule has 1 aliphatic rings. The Balaban J connectivity index is 1.55. The van der Waals surface area contributed by atoms with E-state index < -0.39 is 0 Å². The van der Waals surface area contributed by atoms with E-state index in [1.54, 1.807) is 6.20 Å². The number of thiophene rings is 1. The van der Waals surface area contributed by atoms with Gasteiger partial charge in [-0.05, 0) is 48.9 Å². The highest BCUT2D eigenvalue weighted by atomic mass is 32.1. The second-order valence-electron chi connectivity index (χ2n) is 6.12. The van der Waals surface area contributed by atoms with Crippen molar-refractivity contribution in [2.45, 2.75) is 25.7 Å². The first-order chi connectivity index (χ1) is 11.2. The van der Waals surface area contributed by atoms with Crippen LogP contribution in [0.4, 0.5) is 0 Å². The summed E-state index contributed by atoms with van der Waals surface area (Å²) in [5, 5.41) is 9.99. The first-order valence-corrected chi connectivity index (χ1v) is 8.73. The van der Waals surface area contributed by atoms with Gasteiger partial charge in [-0.1, -0.05) is 0 Å². The SMILES string of the molecule is Cc1csc(C(=O)N2CCC[C@H](c3ccc4cn[nH]c4n3)C2)c1. The average molecular weight is 326 g/mol. The lowest BCUT2D eigenvalue weighted by atomic mass is 9.94.